The fourth-order valence-electron chi connectivity index (χ4n) is 0.166. The Morgan fingerprint density at radius 3 is 2.09 bits per heavy atom. The molecule has 0 heterocycles. The predicted molar refractivity (Wildman–Crippen MR) is 42.3 cm³/mol. The quantitative estimate of drug-likeness (QED) is 0.456. The maximum Gasteiger partial charge on any atom is 0.136 e. The molecular weight excluding hydrogens is 146 g/mol. The van der Waals surface area contributed by atoms with Crippen molar-refractivity contribution in [3.05, 3.63) is 0 Å². The van der Waals surface area contributed by atoms with E-state index in [1.54, 1.807) is 14.0 Å². The van der Waals surface area contributed by atoms with Crippen LogP contribution >= 0.6 is 0 Å². The highest BCUT2D eigenvalue weighted by atomic mass is 16.5. The fraction of sp³-hybridized carbons (Fsp3) is 0.714. The van der Waals surface area contributed by atoms with Crippen LogP contribution in [0, 0.1) is 0 Å². The molecule has 0 saturated heterocycles. The summed E-state index contributed by atoms with van der Waals surface area (Å²) in [6.45, 7) is 2.18. The van der Waals surface area contributed by atoms with Gasteiger partial charge in [0.15, 0.2) is 0 Å². The highest BCUT2D eigenvalue weighted by molar-refractivity contribution is 5.55. The third kappa shape index (κ3) is 26.9. The number of ether oxygens (including phenoxy) is 1. The van der Waals surface area contributed by atoms with Crippen molar-refractivity contribution in [2.75, 3.05) is 13.7 Å². The summed E-state index contributed by atoms with van der Waals surface area (Å²) in [6.07, 6.45) is 2.04. The third-order valence-corrected chi connectivity index (χ3v) is 0.654. The molecule has 0 aromatic heterocycles. The van der Waals surface area contributed by atoms with Crippen molar-refractivity contribution in [1.82, 2.24) is 0 Å². The van der Waals surface area contributed by atoms with Gasteiger partial charge in [0, 0.05) is 13.5 Å². The van der Waals surface area contributed by atoms with E-state index >= 15 is 0 Å². The van der Waals surface area contributed by atoms with Crippen LogP contribution in [0.1, 0.15) is 13.3 Å². The maximum atomic E-state index is 9.48. The molecule has 4 heteroatoms. The van der Waals surface area contributed by atoms with Crippen LogP contribution in [0.5, 0.6) is 0 Å². The van der Waals surface area contributed by atoms with Crippen molar-refractivity contribution in [1.29, 1.82) is 0 Å². The van der Waals surface area contributed by atoms with Crippen LogP contribution < -0.4 is 5.73 Å². The Morgan fingerprint density at radius 1 is 1.55 bits per heavy atom. The monoisotopic (exact) mass is 161 g/mol. The molecule has 0 aliphatic heterocycles. The first-order chi connectivity index (χ1) is 5.18. The summed E-state index contributed by atoms with van der Waals surface area (Å²) in [4.78, 5) is 18.9. The van der Waals surface area contributed by atoms with E-state index in [0.29, 0.717) is 19.3 Å². The van der Waals surface area contributed by atoms with E-state index in [2.05, 4.69) is 4.74 Å². The zero-order valence-electron chi connectivity index (χ0n) is 6.95. The van der Waals surface area contributed by atoms with Gasteiger partial charge in [-0.15, -0.1) is 0 Å². The summed E-state index contributed by atoms with van der Waals surface area (Å²) in [6, 6.07) is -0.296. The van der Waals surface area contributed by atoms with Gasteiger partial charge in [0.1, 0.15) is 12.6 Å². The number of nitrogens with two attached hydrogens (primary N) is 1. The SMILES string of the molecule is CC(N)C=O.COCCC=O. The first-order valence-corrected chi connectivity index (χ1v) is 3.32. The number of carbonyl (C=O) groups is 2. The summed E-state index contributed by atoms with van der Waals surface area (Å²) in [5.41, 5.74) is 4.92. The zero-order valence-corrected chi connectivity index (χ0v) is 6.95. The van der Waals surface area contributed by atoms with E-state index in [1.165, 1.54) is 0 Å². The molecule has 0 saturated carbocycles. The zero-order chi connectivity index (χ0) is 9.11. The number of hydrogen-bond donors (Lipinski definition) is 1. The van der Waals surface area contributed by atoms with Gasteiger partial charge in [0.25, 0.3) is 0 Å². The van der Waals surface area contributed by atoms with Crippen molar-refractivity contribution < 1.29 is 14.3 Å². The second-order valence-corrected chi connectivity index (χ2v) is 1.94. The molecule has 66 valence electrons. The van der Waals surface area contributed by atoms with Crippen molar-refractivity contribution in [2.45, 2.75) is 19.4 Å². The molecule has 1 unspecified atom stereocenters. The molecule has 0 aliphatic carbocycles. The third-order valence-electron chi connectivity index (χ3n) is 0.654. The van der Waals surface area contributed by atoms with Gasteiger partial charge in [-0.3, -0.25) is 0 Å². The van der Waals surface area contributed by atoms with Crippen molar-refractivity contribution >= 4 is 12.6 Å². The highest BCUT2D eigenvalue weighted by Crippen LogP contribution is 1.68. The summed E-state index contributed by atoms with van der Waals surface area (Å²) in [5, 5.41) is 0. The number of aldehydes is 2. The molecule has 1 atom stereocenters. The lowest BCUT2D eigenvalue weighted by Gasteiger charge is -1.84. The molecule has 0 fully saturated rings. The molecule has 4 nitrogen and oxygen atoms in total. The van der Waals surface area contributed by atoms with Crippen LogP contribution in [0.4, 0.5) is 0 Å². The number of carbonyl (C=O) groups excluding carboxylic acids is 2. The van der Waals surface area contributed by atoms with E-state index in [4.69, 9.17) is 5.73 Å². The Morgan fingerprint density at radius 2 is 2.00 bits per heavy atom. The molecule has 0 aromatic carbocycles. The van der Waals surface area contributed by atoms with Crippen LogP contribution in [-0.2, 0) is 14.3 Å². The minimum atomic E-state index is -0.296. The van der Waals surface area contributed by atoms with Crippen molar-refractivity contribution in [3.63, 3.8) is 0 Å². The van der Waals surface area contributed by atoms with Crippen LogP contribution in [0.15, 0.2) is 0 Å². The van der Waals surface area contributed by atoms with Gasteiger partial charge in [-0.1, -0.05) is 0 Å². The second-order valence-electron chi connectivity index (χ2n) is 1.94. The summed E-state index contributed by atoms with van der Waals surface area (Å²) in [5.74, 6) is 0. The molecule has 0 rings (SSSR count). The Balaban J connectivity index is 0. The summed E-state index contributed by atoms with van der Waals surface area (Å²) < 4.78 is 4.55. The van der Waals surface area contributed by atoms with Crippen molar-refractivity contribution in [2.24, 2.45) is 5.73 Å². The fourth-order valence-corrected chi connectivity index (χ4v) is 0.166. The predicted octanol–water partition coefficient (Wildman–Crippen LogP) is -0.246. The van der Waals surface area contributed by atoms with Gasteiger partial charge in [-0.25, -0.2) is 0 Å². The van der Waals surface area contributed by atoms with E-state index in [9.17, 15) is 9.59 Å². The molecule has 11 heavy (non-hydrogen) atoms. The number of hydrogen-bond acceptors (Lipinski definition) is 4. The van der Waals surface area contributed by atoms with Gasteiger partial charge in [0.2, 0.25) is 0 Å². The van der Waals surface area contributed by atoms with Crippen LogP contribution in [0.25, 0.3) is 0 Å². The Labute approximate surface area is 66.7 Å². The summed E-state index contributed by atoms with van der Waals surface area (Å²) in [7, 11) is 1.57. The van der Waals surface area contributed by atoms with Gasteiger partial charge >= 0.3 is 0 Å². The topological polar surface area (TPSA) is 69.4 Å². The molecule has 0 aromatic rings. The molecule has 0 radical (unpaired) electrons. The largest absolute Gasteiger partial charge is 0.384 e. The van der Waals surface area contributed by atoms with E-state index in [0.717, 1.165) is 6.29 Å². The average molecular weight is 161 g/mol. The lowest BCUT2D eigenvalue weighted by atomic mass is 10.4. The smallest absolute Gasteiger partial charge is 0.136 e. The van der Waals surface area contributed by atoms with Crippen LogP contribution in [-0.4, -0.2) is 32.3 Å². The first kappa shape index (κ1) is 12.9. The van der Waals surface area contributed by atoms with E-state index < -0.39 is 0 Å². The normalized spacial score (nSPS) is 10.8. The lowest BCUT2D eigenvalue weighted by molar-refractivity contribution is -0.109. The molecular formula is C7H15NO3. The second kappa shape index (κ2) is 12.0. The van der Waals surface area contributed by atoms with Gasteiger partial charge in [-0.05, 0) is 6.92 Å². The Kier molecular flexibility index (Phi) is 14.1. The van der Waals surface area contributed by atoms with E-state index in [1.807, 2.05) is 0 Å². The molecule has 0 aliphatic rings. The maximum absolute atomic E-state index is 9.48. The first-order valence-electron chi connectivity index (χ1n) is 3.32. The minimum absolute atomic E-state index is 0.296. The van der Waals surface area contributed by atoms with Gasteiger partial charge in [0.05, 0.1) is 12.6 Å². The Bertz CT molecular complexity index is 93.7. The molecule has 0 spiro atoms. The number of rotatable bonds is 4. The highest BCUT2D eigenvalue weighted by Gasteiger charge is 1.79. The lowest BCUT2D eigenvalue weighted by Crippen LogP contribution is -2.15. The Hall–Kier alpha value is -0.740. The summed E-state index contributed by atoms with van der Waals surface area (Å²) >= 11 is 0. The molecule has 0 amide bonds. The minimum Gasteiger partial charge on any atom is -0.384 e. The van der Waals surface area contributed by atoms with Gasteiger partial charge in [-0.2, -0.15) is 0 Å². The standard InChI is InChI=1S/C4H8O2.C3H7NO/c1-6-4-2-3-5;1-3(4)2-5/h3H,2,4H2,1H3;2-3H,4H2,1H3. The van der Waals surface area contributed by atoms with Crippen LogP contribution in [0.2, 0.25) is 0 Å². The van der Waals surface area contributed by atoms with Gasteiger partial charge < -0.3 is 20.1 Å². The average Bonchev–Trinajstić information content (AvgIpc) is 2.02. The van der Waals surface area contributed by atoms with Crippen molar-refractivity contribution in [3.8, 4) is 0 Å². The number of methoxy groups -OCH3 is 1. The molecule has 2 N–H and O–H groups in total. The van der Waals surface area contributed by atoms with E-state index in [-0.39, 0.29) is 6.04 Å². The molecule has 0 bridgehead atoms. The van der Waals surface area contributed by atoms with Crippen LogP contribution in [0.3, 0.4) is 0 Å².